The zero-order valence-electron chi connectivity index (χ0n) is 12.4. The van der Waals surface area contributed by atoms with E-state index in [2.05, 4.69) is 52.0 Å². The molecule has 0 spiro atoms. The van der Waals surface area contributed by atoms with Gasteiger partial charge in [-0.2, -0.15) is 4.99 Å². The molecule has 5 nitrogen and oxygen atoms in total. The van der Waals surface area contributed by atoms with Crippen LogP contribution < -0.4 is 11.5 Å². The van der Waals surface area contributed by atoms with Gasteiger partial charge in [-0.3, -0.25) is 0 Å². The van der Waals surface area contributed by atoms with E-state index >= 15 is 0 Å². The first-order valence-corrected chi connectivity index (χ1v) is 8.55. The van der Waals surface area contributed by atoms with Gasteiger partial charge < -0.3 is 16.0 Å². The van der Waals surface area contributed by atoms with Crippen molar-refractivity contribution in [2.75, 3.05) is 0 Å². The van der Waals surface area contributed by atoms with Crippen LogP contribution in [0.2, 0.25) is 0 Å². The third-order valence-electron chi connectivity index (χ3n) is 3.46. The van der Waals surface area contributed by atoms with Crippen LogP contribution in [0.1, 0.15) is 16.3 Å². The highest BCUT2D eigenvalue weighted by Crippen LogP contribution is 2.31. The first kappa shape index (κ1) is 14.8. The number of guanidine groups is 1. The molecule has 4 N–H and O–H groups in total. The molecule has 0 saturated heterocycles. The zero-order chi connectivity index (χ0) is 15.7. The normalized spacial score (nSPS) is 10.8. The minimum absolute atomic E-state index is 0.0315. The number of nitrogens with two attached hydrogens (primary N) is 2. The summed E-state index contributed by atoms with van der Waals surface area (Å²) in [6.45, 7) is 5.13. The maximum atomic E-state index is 5.40. The second-order valence-electron chi connectivity index (χ2n) is 5.00. The molecule has 0 aliphatic carbocycles. The SMILES string of the molecule is Cc1cc(-c2csc(N=C(N)N)n2)c(C)n1Cc1cccs1. The van der Waals surface area contributed by atoms with Gasteiger partial charge in [-0.15, -0.1) is 22.7 Å². The number of thiophene rings is 1. The monoisotopic (exact) mass is 331 g/mol. The number of rotatable bonds is 4. The van der Waals surface area contributed by atoms with Crippen LogP contribution in [-0.4, -0.2) is 15.5 Å². The fourth-order valence-electron chi connectivity index (χ4n) is 2.41. The van der Waals surface area contributed by atoms with Gasteiger partial charge in [0.25, 0.3) is 0 Å². The summed E-state index contributed by atoms with van der Waals surface area (Å²) < 4.78 is 2.31. The minimum Gasteiger partial charge on any atom is -0.370 e. The van der Waals surface area contributed by atoms with E-state index < -0.39 is 0 Å². The Balaban J connectivity index is 1.95. The van der Waals surface area contributed by atoms with Crippen molar-refractivity contribution in [3.8, 4) is 11.3 Å². The Labute approximate surface area is 136 Å². The topological polar surface area (TPSA) is 82.2 Å². The average molecular weight is 331 g/mol. The molecule has 0 unspecified atom stereocenters. The summed E-state index contributed by atoms with van der Waals surface area (Å²) >= 11 is 3.21. The fraction of sp³-hybridized carbons (Fsp3) is 0.200. The van der Waals surface area contributed by atoms with Crippen molar-refractivity contribution in [2.24, 2.45) is 16.5 Å². The van der Waals surface area contributed by atoms with Crippen LogP contribution in [0.25, 0.3) is 11.3 Å². The molecule has 3 aromatic rings. The Morgan fingerprint density at radius 1 is 1.32 bits per heavy atom. The van der Waals surface area contributed by atoms with Crippen molar-refractivity contribution in [1.29, 1.82) is 0 Å². The molecule has 0 radical (unpaired) electrons. The Hall–Kier alpha value is -2.12. The first-order valence-electron chi connectivity index (χ1n) is 6.79. The molecule has 0 saturated carbocycles. The molecule has 3 heterocycles. The summed E-state index contributed by atoms with van der Waals surface area (Å²) in [5, 5.41) is 4.67. The highest BCUT2D eigenvalue weighted by Gasteiger charge is 2.14. The highest BCUT2D eigenvalue weighted by atomic mass is 32.1. The number of aromatic nitrogens is 2. The van der Waals surface area contributed by atoms with Crippen molar-refractivity contribution in [3.63, 3.8) is 0 Å². The number of aryl methyl sites for hydroxylation is 1. The lowest BCUT2D eigenvalue weighted by Gasteiger charge is -2.08. The molecule has 0 amide bonds. The first-order chi connectivity index (χ1) is 10.5. The van der Waals surface area contributed by atoms with E-state index in [1.165, 1.54) is 27.6 Å². The molecule has 0 aliphatic rings. The van der Waals surface area contributed by atoms with Crippen LogP contribution in [-0.2, 0) is 6.54 Å². The molecule has 7 heteroatoms. The Kier molecular flexibility index (Phi) is 4.00. The summed E-state index contributed by atoms with van der Waals surface area (Å²) in [6, 6.07) is 6.40. The molecule has 3 aromatic heterocycles. The summed E-state index contributed by atoms with van der Waals surface area (Å²) in [7, 11) is 0. The summed E-state index contributed by atoms with van der Waals surface area (Å²) in [5.74, 6) is 0.0315. The fourth-order valence-corrected chi connectivity index (χ4v) is 3.81. The van der Waals surface area contributed by atoms with E-state index in [9.17, 15) is 0 Å². The number of thiazole rings is 1. The van der Waals surface area contributed by atoms with Crippen molar-refractivity contribution >= 4 is 33.8 Å². The molecule has 22 heavy (non-hydrogen) atoms. The number of nitrogens with zero attached hydrogens (tertiary/aromatic N) is 3. The maximum absolute atomic E-state index is 5.40. The smallest absolute Gasteiger partial charge is 0.212 e. The molecule has 0 bridgehead atoms. The molecule has 114 valence electrons. The van der Waals surface area contributed by atoms with Crippen molar-refractivity contribution in [1.82, 2.24) is 9.55 Å². The number of aliphatic imine (C=N–C) groups is 1. The van der Waals surface area contributed by atoms with Gasteiger partial charge in [0, 0.05) is 27.2 Å². The average Bonchev–Trinajstić information content (AvgIpc) is 3.16. The van der Waals surface area contributed by atoms with E-state index in [0.29, 0.717) is 5.13 Å². The van der Waals surface area contributed by atoms with E-state index in [4.69, 9.17) is 11.5 Å². The predicted molar refractivity (Wildman–Crippen MR) is 93.9 cm³/mol. The summed E-state index contributed by atoms with van der Waals surface area (Å²) in [6.07, 6.45) is 0. The second-order valence-corrected chi connectivity index (χ2v) is 6.87. The van der Waals surface area contributed by atoms with Crippen LogP contribution in [0.3, 0.4) is 0 Å². The summed E-state index contributed by atoms with van der Waals surface area (Å²) in [4.78, 5) is 9.83. The van der Waals surface area contributed by atoms with E-state index in [-0.39, 0.29) is 5.96 Å². The minimum atomic E-state index is 0.0315. The van der Waals surface area contributed by atoms with Gasteiger partial charge in [0.1, 0.15) is 0 Å². The second kappa shape index (κ2) is 5.94. The number of hydrogen-bond donors (Lipinski definition) is 2. The van der Waals surface area contributed by atoms with Crippen molar-refractivity contribution in [2.45, 2.75) is 20.4 Å². The van der Waals surface area contributed by atoms with Gasteiger partial charge in [-0.1, -0.05) is 6.07 Å². The van der Waals surface area contributed by atoms with Crippen LogP contribution in [0.5, 0.6) is 0 Å². The van der Waals surface area contributed by atoms with Gasteiger partial charge in [0.15, 0.2) is 5.96 Å². The molecule has 0 fully saturated rings. The third-order valence-corrected chi connectivity index (χ3v) is 5.06. The Bertz CT molecular complexity index is 807. The Morgan fingerprint density at radius 2 is 2.14 bits per heavy atom. The third kappa shape index (κ3) is 2.90. The molecular formula is C15H17N5S2. The van der Waals surface area contributed by atoms with Crippen LogP contribution in [0, 0.1) is 13.8 Å². The predicted octanol–water partition coefficient (Wildman–Crippen LogP) is 3.24. The van der Waals surface area contributed by atoms with E-state index in [1.54, 1.807) is 11.3 Å². The van der Waals surface area contributed by atoms with E-state index in [0.717, 1.165) is 17.8 Å². The van der Waals surface area contributed by atoms with Crippen LogP contribution >= 0.6 is 22.7 Å². The molecule has 0 aromatic carbocycles. The zero-order valence-corrected chi connectivity index (χ0v) is 14.0. The van der Waals surface area contributed by atoms with Gasteiger partial charge in [-0.05, 0) is 31.4 Å². The standard InChI is InChI=1S/C15H17N5S2/c1-9-6-12(13-8-22-15(18-13)19-14(16)17)10(2)20(9)7-11-4-3-5-21-11/h3-6,8H,7H2,1-2H3,(H4,16,17,18,19). The van der Waals surface area contributed by atoms with Gasteiger partial charge >= 0.3 is 0 Å². The largest absolute Gasteiger partial charge is 0.370 e. The lowest BCUT2D eigenvalue weighted by Crippen LogP contribution is -2.21. The quantitative estimate of drug-likeness (QED) is 0.569. The van der Waals surface area contributed by atoms with Crippen LogP contribution in [0.15, 0.2) is 34.0 Å². The van der Waals surface area contributed by atoms with Gasteiger partial charge in [-0.25, -0.2) is 4.98 Å². The number of hydrogen-bond acceptors (Lipinski definition) is 4. The molecule has 0 aliphatic heterocycles. The highest BCUT2D eigenvalue weighted by molar-refractivity contribution is 7.13. The molecule has 3 rings (SSSR count). The van der Waals surface area contributed by atoms with Crippen LogP contribution in [0.4, 0.5) is 5.13 Å². The lowest BCUT2D eigenvalue weighted by molar-refractivity contribution is 0.760. The van der Waals surface area contributed by atoms with Crippen molar-refractivity contribution < 1.29 is 0 Å². The molecular weight excluding hydrogens is 314 g/mol. The van der Waals surface area contributed by atoms with Gasteiger partial charge in [0.05, 0.1) is 12.2 Å². The maximum Gasteiger partial charge on any atom is 0.212 e. The van der Waals surface area contributed by atoms with Crippen molar-refractivity contribution in [3.05, 3.63) is 45.2 Å². The summed E-state index contributed by atoms with van der Waals surface area (Å²) in [5.41, 5.74) is 15.3. The van der Waals surface area contributed by atoms with E-state index in [1.807, 2.05) is 5.38 Å². The van der Waals surface area contributed by atoms with Gasteiger partial charge in [0.2, 0.25) is 5.13 Å². The molecule has 0 atom stereocenters. The Morgan fingerprint density at radius 3 is 2.82 bits per heavy atom. The lowest BCUT2D eigenvalue weighted by atomic mass is 10.2.